The maximum atomic E-state index is 11.1. The highest BCUT2D eigenvalue weighted by atomic mass is 16.2. The molecule has 0 radical (unpaired) electrons. The van der Waals surface area contributed by atoms with Gasteiger partial charge in [-0.3, -0.25) is 4.79 Å². The Balaban J connectivity index is 2.51. The van der Waals surface area contributed by atoms with Gasteiger partial charge in [0.2, 0.25) is 5.91 Å². The molecule has 1 N–H and O–H groups in total. The number of nitrogens with zero attached hydrogens (tertiary/aromatic N) is 1. The van der Waals surface area contributed by atoms with Crippen LogP contribution in [0.1, 0.15) is 20.3 Å². The highest BCUT2D eigenvalue weighted by Crippen LogP contribution is 2.06. The predicted molar refractivity (Wildman–Crippen MR) is 44.3 cm³/mol. The first-order valence-corrected chi connectivity index (χ1v) is 4.23. The minimum atomic E-state index is 0.207. The molecule has 11 heavy (non-hydrogen) atoms. The van der Waals surface area contributed by atoms with Crippen LogP contribution in [-0.4, -0.2) is 36.5 Å². The molecule has 0 spiro atoms. The lowest BCUT2D eigenvalue weighted by molar-refractivity contribution is -0.132. The summed E-state index contributed by atoms with van der Waals surface area (Å²) in [7, 11) is 0. The van der Waals surface area contributed by atoms with E-state index in [1.807, 2.05) is 4.90 Å². The van der Waals surface area contributed by atoms with Gasteiger partial charge in [-0.2, -0.15) is 0 Å². The first kappa shape index (κ1) is 8.53. The Labute approximate surface area is 67.8 Å². The molecule has 1 unspecified atom stereocenters. The summed E-state index contributed by atoms with van der Waals surface area (Å²) in [5.41, 5.74) is 0. The fraction of sp³-hybridized carbons (Fsp3) is 0.875. The van der Waals surface area contributed by atoms with Gasteiger partial charge in [0.25, 0.3) is 0 Å². The van der Waals surface area contributed by atoms with Crippen molar-refractivity contribution in [3.63, 3.8) is 0 Å². The van der Waals surface area contributed by atoms with E-state index < -0.39 is 0 Å². The van der Waals surface area contributed by atoms with Gasteiger partial charge in [0.1, 0.15) is 0 Å². The number of rotatable bonds is 1. The van der Waals surface area contributed by atoms with Crippen molar-refractivity contribution in [2.75, 3.05) is 19.6 Å². The van der Waals surface area contributed by atoms with Gasteiger partial charge >= 0.3 is 0 Å². The van der Waals surface area contributed by atoms with E-state index in [0.717, 1.165) is 26.1 Å². The van der Waals surface area contributed by atoms with E-state index in [1.54, 1.807) is 6.92 Å². The van der Waals surface area contributed by atoms with Crippen molar-refractivity contribution in [2.24, 2.45) is 0 Å². The van der Waals surface area contributed by atoms with Crippen LogP contribution in [0.3, 0.4) is 0 Å². The van der Waals surface area contributed by atoms with Crippen molar-refractivity contribution in [3.8, 4) is 0 Å². The van der Waals surface area contributed by atoms with Gasteiger partial charge in [-0.05, 0) is 6.42 Å². The van der Waals surface area contributed by atoms with E-state index in [9.17, 15) is 4.79 Å². The molecule has 1 atom stereocenters. The van der Waals surface area contributed by atoms with Gasteiger partial charge in [0.05, 0.1) is 0 Å². The zero-order chi connectivity index (χ0) is 8.27. The van der Waals surface area contributed by atoms with Crippen LogP contribution in [0.4, 0.5) is 0 Å². The van der Waals surface area contributed by atoms with Crippen molar-refractivity contribution in [1.82, 2.24) is 10.2 Å². The van der Waals surface area contributed by atoms with Crippen LogP contribution < -0.4 is 5.32 Å². The Hall–Kier alpha value is -0.570. The molecule has 0 bridgehead atoms. The second-order valence-electron chi connectivity index (χ2n) is 2.98. The van der Waals surface area contributed by atoms with Gasteiger partial charge in [-0.15, -0.1) is 0 Å². The molecule has 0 aromatic carbocycles. The van der Waals surface area contributed by atoms with Crippen molar-refractivity contribution < 1.29 is 4.79 Å². The molecule has 1 aliphatic rings. The van der Waals surface area contributed by atoms with Gasteiger partial charge in [-0.25, -0.2) is 0 Å². The molecule has 0 aliphatic carbocycles. The lowest BCUT2D eigenvalue weighted by Gasteiger charge is -2.34. The SMILES string of the molecule is CCC1CNCCN1C(C)=O. The van der Waals surface area contributed by atoms with Crippen LogP contribution >= 0.6 is 0 Å². The first-order chi connectivity index (χ1) is 5.25. The summed E-state index contributed by atoms with van der Waals surface area (Å²) >= 11 is 0. The molecule has 0 aromatic rings. The van der Waals surface area contributed by atoms with Crippen LogP contribution in [-0.2, 0) is 4.79 Å². The van der Waals surface area contributed by atoms with Crippen molar-refractivity contribution in [1.29, 1.82) is 0 Å². The third kappa shape index (κ3) is 1.93. The molecule has 1 aliphatic heterocycles. The number of hydrogen-bond acceptors (Lipinski definition) is 2. The number of nitrogens with one attached hydrogen (secondary N) is 1. The molecule has 1 saturated heterocycles. The van der Waals surface area contributed by atoms with Crippen LogP contribution in [0.5, 0.6) is 0 Å². The van der Waals surface area contributed by atoms with Gasteiger partial charge in [0, 0.05) is 32.6 Å². The standard InChI is InChI=1S/C8H16N2O/c1-3-8-6-9-4-5-10(8)7(2)11/h8-9H,3-6H2,1-2H3. The molecule has 3 heteroatoms. The summed E-state index contributed by atoms with van der Waals surface area (Å²) in [6, 6.07) is 0.418. The van der Waals surface area contributed by atoms with Crippen molar-refractivity contribution in [2.45, 2.75) is 26.3 Å². The predicted octanol–water partition coefficient (Wildman–Crippen LogP) is 0.217. The van der Waals surface area contributed by atoms with E-state index in [-0.39, 0.29) is 5.91 Å². The zero-order valence-corrected chi connectivity index (χ0v) is 7.26. The lowest BCUT2D eigenvalue weighted by Crippen LogP contribution is -2.52. The number of carbonyl (C=O) groups excluding carboxylic acids is 1. The fourth-order valence-corrected chi connectivity index (χ4v) is 1.54. The van der Waals surface area contributed by atoms with Gasteiger partial charge in [-0.1, -0.05) is 6.92 Å². The number of hydrogen-bond donors (Lipinski definition) is 1. The Morgan fingerprint density at radius 1 is 1.73 bits per heavy atom. The second-order valence-corrected chi connectivity index (χ2v) is 2.98. The average molecular weight is 156 g/mol. The Morgan fingerprint density at radius 2 is 2.45 bits per heavy atom. The van der Waals surface area contributed by atoms with E-state index in [4.69, 9.17) is 0 Å². The van der Waals surface area contributed by atoms with E-state index in [1.165, 1.54) is 0 Å². The highest BCUT2D eigenvalue weighted by Gasteiger charge is 2.21. The third-order valence-corrected chi connectivity index (χ3v) is 2.23. The normalized spacial score (nSPS) is 25.3. The molecule has 1 heterocycles. The quantitative estimate of drug-likeness (QED) is 0.589. The number of amides is 1. The summed E-state index contributed by atoms with van der Waals surface area (Å²) in [5, 5.41) is 3.28. The molecule has 0 saturated carbocycles. The summed E-state index contributed by atoms with van der Waals surface area (Å²) in [6.45, 7) is 6.53. The van der Waals surface area contributed by atoms with Crippen LogP contribution in [0.2, 0.25) is 0 Å². The molecular weight excluding hydrogens is 140 g/mol. The van der Waals surface area contributed by atoms with E-state index >= 15 is 0 Å². The molecule has 1 amide bonds. The fourth-order valence-electron chi connectivity index (χ4n) is 1.54. The smallest absolute Gasteiger partial charge is 0.219 e. The molecule has 1 rings (SSSR count). The Kier molecular flexibility index (Phi) is 2.88. The first-order valence-electron chi connectivity index (χ1n) is 4.23. The van der Waals surface area contributed by atoms with Crippen LogP contribution in [0.15, 0.2) is 0 Å². The van der Waals surface area contributed by atoms with E-state index in [0.29, 0.717) is 6.04 Å². The number of piperazine rings is 1. The average Bonchev–Trinajstić information content (AvgIpc) is 2.04. The van der Waals surface area contributed by atoms with Crippen molar-refractivity contribution in [3.05, 3.63) is 0 Å². The summed E-state index contributed by atoms with van der Waals surface area (Å²) < 4.78 is 0. The number of carbonyl (C=O) groups is 1. The second kappa shape index (κ2) is 3.72. The minimum Gasteiger partial charge on any atom is -0.337 e. The van der Waals surface area contributed by atoms with Gasteiger partial charge in [0.15, 0.2) is 0 Å². The maximum Gasteiger partial charge on any atom is 0.219 e. The molecular formula is C8H16N2O. The minimum absolute atomic E-state index is 0.207. The molecule has 3 nitrogen and oxygen atoms in total. The Morgan fingerprint density at radius 3 is 2.91 bits per heavy atom. The van der Waals surface area contributed by atoms with E-state index in [2.05, 4.69) is 12.2 Å². The Bertz CT molecular complexity index is 147. The topological polar surface area (TPSA) is 32.3 Å². The highest BCUT2D eigenvalue weighted by molar-refractivity contribution is 5.73. The maximum absolute atomic E-state index is 11.1. The monoisotopic (exact) mass is 156 g/mol. The van der Waals surface area contributed by atoms with Crippen LogP contribution in [0, 0.1) is 0 Å². The summed E-state index contributed by atoms with van der Waals surface area (Å²) in [4.78, 5) is 13.0. The molecule has 64 valence electrons. The van der Waals surface area contributed by atoms with Crippen molar-refractivity contribution >= 4 is 5.91 Å². The molecule has 1 fully saturated rings. The third-order valence-electron chi connectivity index (χ3n) is 2.23. The van der Waals surface area contributed by atoms with Gasteiger partial charge < -0.3 is 10.2 Å². The molecule has 0 aromatic heterocycles. The summed E-state index contributed by atoms with van der Waals surface area (Å²) in [6.07, 6.45) is 1.05. The largest absolute Gasteiger partial charge is 0.337 e. The van der Waals surface area contributed by atoms with Crippen LogP contribution in [0.25, 0.3) is 0 Å². The summed E-state index contributed by atoms with van der Waals surface area (Å²) in [5.74, 6) is 0.207. The zero-order valence-electron chi connectivity index (χ0n) is 7.26. The lowest BCUT2D eigenvalue weighted by atomic mass is 10.1.